The highest BCUT2D eigenvalue weighted by molar-refractivity contribution is 8.93. The monoisotopic (exact) mass is 164 g/mol. The third-order valence-electron chi connectivity index (χ3n) is 0.496. The van der Waals surface area contributed by atoms with Crippen LogP contribution in [0, 0.1) is 0 Å². The summed E-state index contributed by atoms with van der Waals surface area (Å²) >= 11 is 0. The summed E-state index contributed by atoms with van der Waals surface area (Å²) in [5.41, 5.74) is 0. The fourth-order valence-electron chi connectivity index (χ4n) is 0.278. The molecule has 0 aliphatic rings. The molecule has 0 saturated carbocycles. The van der Waals surface area contributed by atoms with Gasteiger partial charge in [0.15, 0.2) is 0 Å². The highest BCUT2D eigenvalue weighted by Gasteiger charge is 1.55. The molecular formula is C4H9BrN2. The lowest BCUT2D eigenvalue weighted by molar-refractivity contribution is 1.42. The van der Waals surface area contributed by atoms with Gasteiger partial charge in [0.1, 0.15) is 0 Å². The smallest absolute Gasteiger partial charge is 0.000496 e. The zero-order chi connectivity index (χ0) is 3.54. The van der Waals surface area contributed by atoms with Crippen molar-refractivity contribution in [2.75, 3.05) is 0 Å². The molecule has 0 aliphatic heterocycles. The van der Waals surface area contributed by atoms with Crippen LogP contribution in [0.3, 0.4) is 0 Å². The fourth-order valence-corrected chi connectivity index (χ4v) is 0.278. The minimum absolute atomic E-state index is 0. The third-order valence-corrected chi connectivity index (χ3v) is 0.496. The van der Waals surface area contributed by atoms with Gasteiger partial charge in [0.25, 0.3) is 0 Å². The van der Waals surface area contributed by atoms with Crippen LogP contribution in [0.4, 0.5) is 0 Å². The second kappa shape index (κ2) is 5.72. The molecule has 0 bridgehead atoms. The molecule has 0 saturated heterocycles. The summed E-state index contributed by atoms with van der Waals surface area (Å²) in [6, 6.07) is 3.89. The van der Waals surface area contributed by atoms with E-state index in [2.05, 4.69) is 4.98 Å². The van der Waals surface area contributed by atoms with Crippen molar-refractivity contribution in [2.45, 2.75) is 0 Å². The number of H-pyrrole nitrogens is 1. The van der Waals surface area contributed by atoms with E-state index in [1.54, 1.807) is 0 Å². The van der Waals surface area contributed by atoms with Crippen LogP contribution in [0.1, 0.15) is 0 Å². The first-order valence-corrected chi connectivity index (χ1v) is 1.58. The van der Waals surface area contributed by atoms with Crippen LogP contribution >= 0.6 is 17.0 Å². The minimum atomic E-state index is 0. The Labute approximate surface area is 53.3 Å². The molecule has 1 heterocycles. The Morgan fingerprint density at radius 1 is 1.00 bits per heavy atom. The lowest BCUT2D eigenvalue weighted by Crippen LogP contribution is -1.38. The molecule has 7 heavy (non-hydrogen) atoms. The maximum atomic E-state index is 2.86. The van der Waals surface area contributed by atoms with E-state index in [4.69, 9.17) is 0 Å². The second-order valence-corrected chi connectivity index (χ2v) is 0.885. The third kappa shape index (κ3) is 3.55. The van der Waals surface area contributed by atoms with Gasteiger partial charge in [-0.2, -0.15) is 0 Å². The Morgan fingerprint density at radius 3 is 1.57 bits per heavy atom. The van der Waals surface area contributed by atoms with Crippen LogP contribution in [-0.2, 0) is 0 Å². The van der Waals surface area contributed by atoms with Crippen LogP contribution in [0.25, 0.3) is 0 Å². The van der Waals surface area contributed by atoms with Crippen molar-refractivity contribution in [1.29, 1.82) is 0 Å². The van der Waals surface area contributed by atoms with E-state index in [-0.39, 0.29) is 23.1 Å². The number of aromatic amines is 1. The lowest BCUT2D eigenvalue weighted by Gasteiger charge is -1.49. The van der Waals surface area contributed by atoms with Crippen molar-refractivity contribution in [2.24, 2.45) is 0 Å². The van der Waals surface area contributed by atoms with Gasteiger partial charge in [-0.1, -0.05) is 0 Å². The van der Waals surface area contributed by atoms with Crippen LogP contribution in [0.2, 0.25) is 0 Å². The van der Waals surface area contributed by atoms with Gasteiger partial charge in [0.05, 0.1) is 0 Å². The van der Waals surface area contributed by atoms with Crippen molar-refractivity contribution >= 4 is 17.0 Å². The molecule has 1 aromatic heterocycles. The molecule has 0 amide bonds. The van der Waals surface area contributed by atoms with E-state index < -0.39 is 0 Å². The average molecular weight is 165 g/mol. The van der Waals surface area contributed by atoms with Gasteiger partial charge < -0.3 is 11.1 Å². The zero-order valence-electron chi connectivity index (χ0n) is 3.92. The molecule has 0 atom stereocenters. The Balaban J connectivity index is 0. The SMILES string of the molecule is Br.N.c1cc[nH]c1. The molecule has 0 spiro atoms. The molecule has 0 aliphatic carbocycles. The molecule has 2 nitrogen and oxygen atoms in total. The lowest BCUT2D eigenvalue weighted by atomic mass is 10.7. The highest BCUT2D eigenvalue weighted by atomic mass is 79.9. The Hall–Kier alpha value is -0.280. The Kier molecular flexibility index (Phi) is 8.06. The molecule has 42 valence electrons. The largest absolute Gasteiger partial charge is 0.368 e. The predicted molar refractivity (Wildman–Crippen MR) is 36.1 cm³/mol. The zero-order valence-corrected chi connectivity index (χ0v) is 5.64. The van der Waals surface area contributed by atoms with E-state index in [9.17, 15) is 0 Å². The molecule has 3 heteroatoms. The van der Waals surface area contributed by atoms with Gasteiger partial charge in [-0.25, -0.2) is 0 Å². The molecule has 0 radical (unpaired) electrons. The summed E-state index contributed by atoms with van der Waals surface area (Å²) in [6.45, 7) is 0. The first kappa shape index (κ1) is 9.87. The summed E-state index contributed by atoms with van der Waals surface area (Å²) in [4.78, 5) is 2.86. The van der Waals surface area contributed by atoms with Gasteiger partial charge in [0.2, 0.25) is 0 Å². The van der Waals surface area contributed by atoms with Gasteiger partial charge in [0, 0.05) is 12.4 Å². The van der Waals surface area contributed by atoms with Crippen LogP contribution in [-0.4, -0.2) is 4.98 Å². The van der Waals surface area contributed by atoms with E-state index >= 15 is 0 Å². The number of halogens is 1. The maximum absolute atomic E-state index is 2.86. The Morgan fingerprint density at radius 2 is 1.43 bits per heavy atom. The predicted octanol–water partition coefficient (Wildman–Crippen LogP) is 1.75. The highest BCUT2D eigenvalue weighted by Crippen LogP contribution is 1.72. The molecule has 0 aromatic carbocycles. The molecule has 1 aromatic rings. The van der Waals surface area contributed by atoms with Gasteiger partial charge in [-0.3, -0.25) is 0 Å². The second-order valence-electron chi connectivity index (χ2n) is 0.885. The number of rotatable bonds is 0. The van der Waals surface area contributed by atoms with E-state index in [0.29, 0.717) is 0 Å². The van der Waals surface area contributed by atoms with Gasteiger partial charge in [-0.15, -0.1) is 17.0 Å². The van der Waals surface area contributed by atoms with Crippen LogP contribution < -0.4 is 6.15 Å². The normalized spacial score (nSPS) is 5.71. The molecule has 0 unspecified atom stereocenters. The van der Waals surface area contributed by atoms with E-state index in [1.807, 2.05) is 24.5 Å². The van der Waals surface area contributed by atoms with Crippen molar-refractivity contribution in [3.05, 3.63) is 24.5 Å². The molecular weight excluding hydrogens is 156 g/mol. The van der Waals surface area contributed by atoms with Crippen LogP contribution in [0.15, 0.2) is 24.5 Å². The first-order valence-electron chi connectivity index (χ1n) is 1.58. The molecule has 0 fully saturated rings. The standard InChI is InChI=1S/C4H5N.BrH.H3N/c1-2-4-5-3-1;;/h1-5H;1H;1H3. The number of hydrogen-bond acceptors (Lipinski definition) is 1. The van der Waals surface area contributed by atoms with Gasteiger partial charge >= 0.3 is 0 Å². The number of hydrogen-bond donors (Lipinski definition) is 2. The first-order chi connectivity index (χ1) is 2.50. The number of aromatic nitrogens is 1. The van der Waals surface area contributed by atoms with Crippen molar-refractivity contribution in [1.82, 2.24) is 11.1 Å². The topological polar surface area (TPSA) is 50.8 Å². The quantitative estimate of drug-likeness (QED) is 0.604. The van der Waals surface area contributed by atoms with Crippen LogP contribution in [0.5, 0.6) is 0 Å². The van der Waals surface area contributed by atoms with Crippen molar-refractivity contribution in [3.8, 4) is 0 Å². The number of nitrogens with one attached hydrogen (secondary N) is 1. The summed E-state index contributed by atoms with van der Waals surface area (Å²) in [7, 11) is 0. The van der Waals surface area contributed by atoms with Gasteiger partial charge in [-0.05, 0) is 12.1 Å². The summed E-state index contributed by atoms with van der Waals surface area (Å²) < 4.78 is 0. The fraction of sp³-hybridized carbons (Fsp3) is 0. The van der Waals surface area contributed by atoms with E-state index in [0.717, 1.165) is 0 Å². The van der Waals surface area contributed by atoms with Crippen molar-refractivity contribution in [3.63, 3.8) is 0 Å². The molecule has 4 N–H and O–H groups in total. The maximum Gasteiger partial charge on any atom is 0.000496 e. The summed E-state index contributed by atoms with van der Waals surface area (Å²) in [5, 5.41) is 0. The Bertz CT molecular complexity index is 66.2. The van der Waals surface area contributed by atoms with E-state index in [1.165, 1.54) is 0 Å². The minimum Gasteiger partial charge on any atom is -0.368 e. The summed E-state index contributed by atoms with van der Waals surface area (Å²) in [6.07, 6.45) is 3.75. The average Bonchev–Trinajstić information content (AvgIpc) is 1.76. The molecule has 1 rings (SSSR count). The van der Waals surface area contributed by atoms with Crippen molar-refractivity contribution < 1.29 is 0 Å². The summed E-state index contributed by atoms with van der Waals surface area (Å²) in [5.74, 6) is 0.